The lowest BCUT2D eigenvalue weighted by Crippen LogP contribution is -2.47. The zero-order valence-electron chi connectivity index (χ0n) is 24.1. The molecule has 4 rings (SSSR count). The average Bonchev–Trinajstić information content (AvgIpc) is 3.44. The molecule has 3 aromatic rings. The number of carbonyl (C=O) groups is 1. The van der Waals surface area contributed by atoms with Crippen molar-refractivity contribution in [3.05, 3.63) is 101 Å². The molecule has 41 heavy (non-hydrogen) atoms. The maximum absolute atomic E-state index is 14.0. The minimum Gasteiger partial charge on any atom is -0.382 e. The number of hydrogen-bond donors (Lipinski definition) is 0. The van der Waals surface area contributed by atoms with Crippen LogP contribution in [0, 0.1) is 0 Å². The molecule has 1 aliphatic rings. The van der Waals surface area contributed by atoms with Gasteiger partial charge in [-0.05, 0) is 55.5 Å². The highest BCUT2D eigenvalue weighted by Crippen LogP contribution is 2.25. The molecule has 0 N–H and O–H groups in total. The minimum absolute atomic E-state index is 0.101. The normalized spacial score (nSPS) is 14.6. The van der Waals surface area contributed by atoms with E-state index in [4.69, 9.17) is 4.74 Å². The lowest BCUT2D eigenvalue weighted by atomic mass is 9.94. The Balaban J connectivity index is 1.54. The van der Waals surface area contributed by atoms with Crippen LogP contribution in [0.1, 0.15) is 62.3 Å². The number of benzene rings is 2. The van der Waals surface area contributed by atoms with Gasteiger partial charge in [-0.1, -0.05) is 79.9 Å². The smallest absolute Gasteiger partial charge is 0.238 e. The molecule has 1 aromatic heterocycles. The molecule has 1 heterocycles. The second-order valence-corrected chi connectivity index (χ2v) is 12.4. The number of amides is 1. The summed E-state index contributed by atoms with van der Waals surface area (Å²) in [6, 6.07) is 23.8. The highest BCUT2D eigenvalue weighted by atomic mass is 32.2. The first-order valence-corrected chi connectivity index (χ1v) is 16.2. The Morgan fingerprint density at radius 3 is 2.39 bits per heavy atom. The molecule has 2 aromatic carbocycles. The number of carbonyl (C=O) groups excluding carboxylic acids is 1. The Bertz CT molecular complexity index is 1330. The molecule has 0 atom stereocenters. The van der Waals surface area contributed by atoms with Gasteiger partial charge < -0.3 is 14.2 Å². The fourth-order valence-electron chi connectivity index (χ4n) is 5.36. The third-order valence-corrected chi connectivity index (χ3v) is 9.10. The number of sulfonamides is 1. The first kappa shape index (κ1) is 30.8. The molecule has 8 heteroatoms. The molecular weight excluding hydrogens is 534 g/mol. The van der Waals surface area contributed by atoms with E-state index in [0.717, 1.165) is 43.5 Å². The molecule has 1 amide bonds. The topological polar surface area (TPSA) is 71.8 Å². The highest BCUT2D eigenvalue weighted by molar-refractivity contribution is 7.92. The summed E-state index contributed by atoms with van der Waals surface area (Å²) in [6.45, 7) is 4.13. The van der Waals surface area contributed by atoms with Gasteiger partial charge in [-0.3, -0.25) is 4.79 Å². The Hall–Kier alpha value is -3.20. The summed E-state index contributed by atoms with van der Waals surface area (Å²) in [5.41, 5.74) is 3.03. The third-order valence-electron chi connectivity index (χ3n) is 7.59. The van der Waals surface area contributed by atoms with Gasteiger partial charge in [0, 0.05) is 49.6 Å². The average molecular weight is 578 g/mol. The summed E-state index contributed by atoms with van der Waals surface area (Å²) in [5.74, 6) is -0.155. The molecule has 0 bridgehead atoms. The SMILES string of the molecule is CCOCCCN(CC(=O)N(Cc1cccn1Cc1ccccc1)C1CCCCC1)S(=O)(=O)/C=C/c1ccccc1. The number of hydrogen-bond acceptors (Lipinski definition) is 4. The van der Waals surface area contributed by atoms with E-state index in [1.165, 1.54) is 21.7 Å². The van der Waals surface area contributed by atoms with E-state index in [1.807, 2.05) is 72.6 Å². The van der Waals surface area contributed by atoms with Crippen LogP contribution < -0.4 is 0 Å². The van der Waals surface area contributed by atoms with Gasteiger partial charge >= 0.3 is 0 Å². The molecule has 0 saturated heterocycles. The number of rotatable bonds is 15. The Morgan fingerprint density at radius 1 is 0.976 bits per heavy atom. The first-order valence-electron chi connectivity index (χ1n) is 14.7. The Kier molecular flexibility index (Phi) is 11.8. The molecular formula is C33H43N3O4S. The highest BCUT2D eigenvalue weighted by Gasteiger charge is 2.30. The molecule has 0 aliphatic heterocycles. The minimum atomic E-state index is -3.83. The van der Waals surface area contributed by atoms with Gasteiger partial charge in [-0.25, -0.2) is 8.42 Å². The molecule has 7 nitrogen and oxygen atoms in total. The van der Waals surface area contributed by atoms with Crippen LogP contribution in [-0.2, 0) is 32.6 Å². The van der Waals surface area contributed by atoms with Gasteiger partial charge in [0.15, 0.2) is 0 Å². The van der Waals surface area contributed by atoms with Crippen LogP contribution in [0.25, 0.3) is 6.08 Å². The first-order chi connectivity index (χ1) is 20.0. The van der Waals surface area contributed by atoms with Crippen molar-refractivity contribution in [2.24, 2.45) is 0 Å². The quantitative estimate of drug-likeness (QED) is 0.210. The maximum atomic E-state index is 14.0. The van der Waals surface area contributed by atoms with Gasteiger partial charge in [0.1, 0.15) is 0 Å². The van der Waals surface area contributed by atoms with Crippen molar-refractivity contribution < 1.29 is 17.9 Å². The van der Waals surface area contributed by atoms with Crippen LogP contribution in [0.3, 0.4) is 0 Å². The summed E-state index contributed by atoms with van der Waals surface area (Å²) in [7, 11) is -3.83. The van der Waals surface area contributed by atoms with Gasteiger partial charge in [-0.2, -0.15) is 4.31 Å². The number of aromatic nitrogens is 1. The number of ether oxygens (including phenoxy) is 1. The van der Waals surface area contributed by atoms with Crippen molar-refractivity contribution in [1.29, 1.82) is 0 Å². The zero-order valence-corrected chi connectivity index (χ0v) is 24.9. The summed E-state index contributed by atoms with van der Waals surface area (Å²) < 4.78 is 36.0. The second kappa shape index (κ2) is 15.7. The van der Waals surface area contributed by atoms with E-state index in [0.29, 0.717) is 26.2 Å². The lowest BCUT2D eigenvalue weighted by Gasteiger charge is -2.36. The van der Waals surface area contributed by atoms with Crippen LogP contribution in [0.5, 0.6) is 0 Å². The lowest BCUT2D eigenvalue weighted by molar-refractivity contribution is -0.135. The third kappa shape index (κ3) is 9.42. The van der Waals surface area contributed by atoms with Crippen LogP contribution in [0.15, 0.2) is 84.4 Å². The molecule has 220 valence electrons. The van der Waals surface area contributed by atoms with E-state index in [1.54, 1.807) is 6.08 Å². The Morgan fingerprint density at radius 2 is 1.68 bits per heavy atom. The van der Waals surface area contributed by atoms with Crippen molar-refractivity contribution in [3.8, 4) is 0 Å². The van der Waals surface area contributed by atoms with Crippen molar-refractivity contribution in [2.75, 3.05) is 26.3 Å². The van der Waals surface area contributed by atoms with Crippen LogP contribution in [0.4, 0.5) is 0 Å². The maximum Gasteiger partial charge on any atom is 0.238 e. The van der Waals surface area contributed by atoms with Crippen LogP contribution in [-0.4, -0.2) is 60.4 Å². The predicted molar refractivity (Wildman–Crippen MR) is 164 cm³/mol. The summed E-state index contributed by atoms with van der Waals surface area (Å²) in [4.78, 5) is 15.9. The summed E-state index contributed by atoms with van der Waals surface area (Å²) in [6.07, 6.45) is 9.36. The van der Waals surface area contributed by atoms with Crippen molar-refractivity contribution in [2.45, 2.75) is 64.6 Å². The molecule has 1 fully saturated rings. The largest absolute Gasteiger partial charge is 0.382 e. The van der Waals surface area contributed by atoms with Crippen molar-refractivity contribution in [1.82, 2.24) is 13.8 Å². The second-order valence-electron chi connectivity index (χ2n) is 10.6. The monoisotopic (exact) mass is 577 g/mol. The van der Waals surface area contributed by atoms with Crippen molar-refractivity contribution >= 4 is 22.0 Å². The zero-order chi connectivity index (χ0) is 28.9. The van der Waals surface area contributed by atoms with E-state index in [2.05, 4.69) is 22.8 Å². The summed E-state index contributed by atoms with van der Waals surface area (Å²) in [5, 5.41) is 1.21. The van der Waals surface area contributed by atoms with E-state index in [9.17, 15) is 13.2 Å². The van der Waals surface area contributed by atoms with E-state index in [-0.39, 0.29) is 25.0 Å². The van der Waals surface area contributed by atoms with E-state index < -0.39 is 10.0 Å². The fourth-order valence-corrected chi connectivity index (χ4v) is 6.53. The fraction of sp³-hybridized carbons (Fsp3) is 0.424. The molecule has 1 aliphatic carbocycles. The number of nitrogens with zero attached hydrogens (tertiary/aromatic N) is 3. The summed E-state index contributed by atoms with van der Waals surface area (Å²) >= 11 is 0. The van der Waals surface area contributed by atoms with E-state index >= 15 is 0 Å². The van der Waals surface area contributed by atoms with Crippen molar-refractivity contribution in [3.63, 3.8) is 0 Å². The Labute approximate surface area is 245 Å². The van der Waals surface area contributed by atoms with Gasteiger partial charge in [0.2, 0.25) is 15.9 Å². The standard InChI is InChI=1S/C33H43N3O4S/c1-2-40-24-13-23-35(41(38,39)25-21-29-14-6-3-7-15-29)28-33(37)36(31-18-10-5-11-19-31)27-32-20-12-22-34(32)26-30-16-8-4-9-17-30/h3-4,6-9,12,14-17,20-22,25,31H,2,5,10-11,13,18-19,23-24,26-28H2,1H3/b25-21+. The predicted octanol–water partition coefficient (Wildman–Crippen LogP) is 5.93. The molecule has 0 unspecified atom stereocenters. The molecule has 0 radical (unpaired) electrons. The van der Waals surface area contributed by atoms with Crippen LogP contribution >= 0.6 is 0 Å². The van der Waals surface area contributed by atoms with Gasteiger partial charge in [-0.15, -0.1) is 0 Å². The van der Waals surface area contributed by atoms with Crippen LogP contribution in [0.2, 0.25) is 0 Å². The van der Waals surface area contributed by atoms with Gasteiger partial charge in [0.05, 0.1) is 13.1 Å². The molecule has 1 saturated carbocycles. The molecule has 0 spiro atoms. The van der Waals surface area contributed by atoms with Gasteiger partial charge in [0.25, 0.3) is 0 Å².